The minimum atomic E-state index is -0.483. The second-order valence-electron chi connectivity index (χ2n) is 7.55. The molecule has 3 N–H and O–H groups in total. The van der Waals surface area contributed by atoms with Gasteiger partial charge < -0.3 is 9.38 Å². The molecule has 3 heterocycles. The van der Waals surface area contributed by atoms with E-state index in [4.69, 9.17) is 0 Å². The largest absolute Gasteiger partial charge is 0.333 e. The van der Waals surface area contributed by atoms with Crippen LogP contribution in [-0.2, 0) is 5.75 Å². The number of hydrazine groups is 1. The van der Waals surface area contributed by atoms with E-state index in [9.17, 15) is 9.59 Å². The molecule has 0 unspecified atom stereocenters. The number of hydrogen-bond donors (Lipinski definition) is 3. The third-order valence-electron chi connectivity index (χ3n) is 5.10. The number of aromatic nitrogens is 4. The maximum atomic E-state index is 12.4. The third-order valence-corrected chi connectivity index (χ3v) is 6.04. The Labute approximate surface area is 193 Å². The lowest BCUT2D eigenvalue weighted by molar-refractivity contribution is 0.0844. The van der Waals surface area contributed by atoms with Gasteiger partial charge in [0, 0.05) is 23.7 Å². The number of nitrogens with zero attached hydrogens (tertiary/aromatic N) is 3. The van der Waals surface area contributed by atoms with Crippen LogP contribution in [0.25, 0.3) is 16.7 Å². The molecule has 5 rings (SSSR count). The van der Waals surface area contributed by atoms with E-state index in [0.717, 1.165) is 27.3 Å². The number of imidazole rings is 2. The minimum absolute atomic E-state index is 0.221. The molecule has 2 amide bonds. The van der Waals surface area contributed by atoms with Crippen LogP contribution in [-0.4, -0.2) is 31.2 Å². The molecule has 0 radical (unpaired) electrons. The number of thioether (sulfide) groups is 1. The fourth-order valence-corrected chi connectivity index (χ4v) is 4.19. The summed E-state index contributed by atoms with van der Waals surface area (Å²) in [7, 11) is 0. The van der Waals surface area contributed by atoms with Gasteiger partial charge in [0.15, 0.2) is 5.16 Å². The van der Waals surface area contributed by atoms with Gasteiger partial charge in [0.2, 0.25) is 0 Å². The third kappa shape index (κ3) is 4.58. The number of rotatable bonds is 5. The summed E-state index contributed by atoms with van der Waals surface area (Å²) in [6.07, 6.45) is 3.45. The molecule has 3 aromatic heterocycles. The summed E-state index contributed by atoms with van der Waals surface area (Å²) in [4.78, 5) is 36.9. The summed E-state index contributed by atoms with van der Waals surface area (Å²) < 4.78 is 1.76. The van der Waals surface area contributed by atoms with E-state index < -0.39 is 11.8 Å². The minimum Gasteiger partial charge on any atom is -0.333 e. The zero-order valence-corrected chi connectivity index (χ0v) is 18.5. The van der Waals surface area contributed by atoms with Gasteiger partial charge in [-0.05, 0) is 54.4 Å². The molecule has 0 aliphatic carbocycles. The second kappa shape index (κ2) is 8.79. The first-order valence-corrected chi connectivity index (χ1v) is 11.3. The number of pyridine rings is 1. The maximum Gasteiger partial charge on any atom is 0.289 e. The van der Waals surface area contributed by atoms with Crippen LogP contribution in [0.2, 0.25) is 0 Å². The zero-order valence-electron chi connectivity index (χ0n) is 17.7. The van der Waals surface area contributed by atoms with Crippen molar-refractivity contribution < 1.29 is 9.59 Å². The SMILES string of the molecule is Cc1ccn2cc(C(=O)NNC(=O)c3ccc(CSc4nc5ccccc5[nH]4)cc3)nc2c1. The first-order chi connectivity index (χ1) is 16.0. The summed E-state index contributed by atoms with van der Waals surface area (Å²) in [6, 6.07) is 18.9. The van der Waals surface area contributed by atoms with Gasteiger partial charge in [-0.1, -0.05) is 36.0 Å². The van der Waals surface area contributed by atoms with Crippen LogP contribution in [0, 0.1) is 6.92 Å². The Morgan fingerprint density at radius 2 is 1.79 bits per heavy atom. The topological polar surface area (TPSA) is 104 Å². The Morgan fingerprint density at radius 1 is 1.00 bits per heavy atom. The summed E-state index contributed by atoms with van der Waals surface area (Å²) in [5, 5.41) is 0.850. The zero-order chi connectivity index (χ0) is 22.8. The van der Waals surface area contributed by atoms with Crippen LogP contribution in [0.5, 0.6) is 0 Å². The van der Waals surface area contributed by atoms with Crippen molar-refractivity contribution >= 4 is 40.3 Å². The molecule has 5 aromatic rings. The Balaban J connectivity index is 1.16. The predicted molar refractivity (Wildman–Crippen MR) is 127 cm³/mol. The van der Waals surface area contributed by atoms with E-state index in [2.05, 4.69) is 25.8 Å². The average molecular weight is 457 g/mol. The molecule has 0 bridgehead atoms. The highest BCUT2D eigenvalue weighted by atomic mass is 32.2. The highest BCUT2D eigenvalue weighted by Crippen LogP contribution is 2.23. The van der Waals surface area contributed by atoms with Crippen molar-refractivity contribution in [1.82, 2.24) is 30.2 Å². The van der Waals surface area contributed by atoms with Gasteiger partial charge in [-0.15, -0.1) is 0 Å². The summed E-state index contributed by atoms with van der Waals surface area (Å²) in [6.45, 7) is 1.96. The van der Waals surface area contributed by atoms with E-state index in [-0.39, 0.29) is 5.69 Å². The standard InChI is InChI=1S/C24H20N6O2S/c1-15-10-11-30-13-20(25-21(30)12-15)23(32)29-28-22(31)17-8-6-16(7-9-17)14-33-24-26-18-4-2-3-5-19(18)27-24/h2-13H,14H2,1H3,(H,26,27)(H,28,31)(H,29,32). The van der Waals surface area contributed by atoms with Crippen LogP contribution >= 0.6 is 11.8 Å². The average Bonchev–Trinajstić information content (AvgIpc) is 3.44. The number of aryl methyl sites for hydroxylation is 1. The summed E-state index contributed by atoms with van der Waals surface area (Å²) in [5.74, 6) is -0.172. The van der Waals surface area contributed by atoms with Crippen molar-refractivity contribution in [2.75, 3.05) is 0 Å². The number of para-hydroxylation sites is 2. The lowest BCUT2D eigenvalue weighted by Gasteiger charge is -2.07. The monoisotopic (exact) mass is 456 g/mol. The molecule has 0 aliphatic rings. The van der Waals surface area contributed by atoms with Crippen LogP contribution in [0.1, 0.15) is 32.0 Å². The number of fused-ring (bicyclic) bond motifs is 2. The van der Waals surface area contributed by atoms with Crippen molar-refractivity contribution in [1.29, 1.82) is 0 Å². The normalized spacial score (nSPS) is 11.1. The van der Waals surface area contributed by atoms with E-state index in [1.54, 1.807) is 34.5 Å². The van der Waals surface area contributed by atoms with Crippen molar-refractivity contribution in [3.8, 4) is 0 Å². The lowest BCUT2D eigenvalue weighted by Crippen LogP contribution is -2.41. The number of hydrogen-bond acceptors (Lipinski definition) is 5. The molecule has 8 nitrogen and oxygen atoms in total. The van der Waals surface area contributed by atoms with Gasteiger partial charge in [0.25, 0.3) is 11.8 Å². The smallest absolute Gasteiger partial charge is 0.289 e. The number of H-pyrrole nitrogens is 1. The van der Waals surface area contributed by atoms with Crippen LogP contribution in [0.4, 0.5) is 0 Å². The molecule has 9 heteroatoms. The van der Waals surface area contributed by atoms with E-state index in [1.807, 2.05) is 61.7 Å². The Bertz CT molecular complexity index is 1440. The molecule has 164 valence electrons. The van der Waals surface area contributed by atoms with Crippen molar-refractivity contribution in [3.63, 3.8) is 0 Å². The number of benzene rings is 2. The predicted octanol–water partition coefficient (Wildman–Crippen LogP) is 3.89. The van der Waals surface area contributed by atoms with Gasteiger partial charge in [-0.25, -0.2) is 9.97 Å². The number of carbonyl (C=O) groups is 2. The molecule has 0 aliphatic heterocycles. The van der Waals surface area contributed by atoms with Gasteiger partial charge in [-0.2, -0.15) is 0 Å². The molecule has 0 saturated heterocycles. The molecule has 2 aromatic carbocycles. The molecule has 0 atom stereocenters. The molecular weight excluding hydrogens is 436 g/mol. The quantitative estimate of drug-likeness (QED) is 0.275. The number of aromatic amines is 1. The first kappa shape index (κ1) is 20.8. The van der Waals surface area contributed by atoms with Gasteiger partial charge in [-0.3, -0.25) is 20.4 Å². The number of nitrogens with one attached hydrogen (secondary N) is 3. The highest BCUT2D eigenvalue weighted by molar-refractivity contribution is 7.98. The summed E-state index contributed by atoms with van der Waals surface area (Å²) in [5.41, 5.74) is 10.2. The van der Waals surface area contributed by atoms with Crippen molar-refractivity contribution in [2.24, 2.45) is 0 Å². The molecule has 33 heavy (non-hydrogen) atoms. The van der Waals surface area contributed by atoms with Gasteiger partial charge in [0.05, 0.1) is 11.0 Å². The van der Waals surface area contributed by atoms with E-state index >= 15 is 0 Å². The molecule has 0 saturated carbocycles. The molecule has 0 spiro atoms. The fourth-order valence-electron chi connectivity index (χ4n) is 3.34. The highest BCUT2D eigenvalue weighted by Gasteiger charge is 2.13. The van der Waals surface area contributed by atoms with Crippen molar-refractivity contribution in [3.05, 3.63) is 95.4 Å². The number of carbonyl (C=O) groups excluding carboxylic acids is 2. The fraction of sp³-hybridized carbons (Fsp3) is 0.0833. The van der Waals surface area contributed by atoms with E-state index in [0.29, 0.717) is 17.0 Å². The molecular formula is C24H20N6O2S. The van der Waals surface area contributed by atoms with Gasteiger partial charge in [0.1, 0.15) is 11.3 Å². The summed E-state index contributed by atoms with van der Waals surface area (Å²) >= 11 is 1.59. The Hall–Kier alpha value is -4.11. The van der Waals surface area contributed by atoms with Crippen LogP contribution in [0.15, 0.2) is 78.2 Å². The Kier molecular flexibility index (Phi) is 5.54. The molecule has 0 fully saturated rings. The number of amides is 2. The van der Waals surface area contributed by atoms with E-state index in [1.165, 1.54) is 0 Å². The second-order valence-corrected chi connectivity index (χ2v) is 8.51. The van der Waals surface area contributed by atoms with Crippen LogP contribution in [0.3, 0.4) is 0 Å². The maximum absolute atomic E-state index is 12.4. The first-order valence-electron chi connectivity index (χ1n) is 10.3. The lowest BCUT2D eigenvalue weighted by atomic mass is 10.1. The van der Waals surface area contributed by atoms with Crippen molar-refractivity contribution in [2.45, 2.75) is 17.8 Å². The Morgan fingerprint density at radius 3 is 2.61 bits per heavy atom. The van der Waals surface area contributed by atoms with Crippen LogP contribution < -0.4 is 10.9 Å². The van der Waals surface area contributed by atoms with Gasteiger partial charge >= 0.3 is 0 Å².